The van der Waals surface area contributed by atoms with Gasteiger partial charge in [0.05, 0.1) is 11.3 Å². The molecule has 2 atom stereocenters. The highest BCUT2D eigenvalue weighted by Gasteiger charge is 2.33. The van der Waals surface area contributed by atoms with Crippen LogP contribution in [0, 0.1) is 0 Å². The number of hydrogen-bond acceptors (Lipinski definition) is 2. The molecule has 0 spiro atoms. The van der Waals surface area contributed by atoms with E-state index >= 15 is 0 Å². The summed E-state index contributed by atoms with van der Waals surface area (Å²) in [5.74, 6) is 0. The van der Waals surface area contributed by atoms with Crippen LogP contribution in [0.5, 0.6) is 0 Å². The van der Waals surface area contributed by atoms with Gasteiger partial charge in [-0.2, -0.15) is 13.2 Å². The van der Waals surface area contributed by atoms with Gasteiger partial charge in [0.1, 0.15) is 21.8 Å². The molecule has 1 unspecified atom stereocenters. The Kier molecular flexibility index (Phi) is 6.06. The van der Waals surface area contributed by atoms with E-state index in [4.69, 9.17) is 0 Å². The van der Waals surface area contributed by atoms with Gasteiger partial charge in [-0.1, -0.05) is 16.3 Å². The van der Waals surface area contributed by atoms with Crippen LogP contribution in [0.15, 0.2) is 47.1 Å². The van der Waals surface area contributed by atoms with Gasteiger partial charge in [0.15, 0.2) is 0 Å². The van der Waals surface area contributed by atoms with Crippen LogP contribution in [0.4, 0.5) is 13.2 Å². The SMILES string of the molecule is CC(C)(C)[SH+](=O)N[C@@H](c1ccc(C(F)(F)F)cc1)c1ncccc1Br. The Balaban J connectivity index is 2.45. The molecule has 0 aliphatic heterocycles. The third kappa shape index (κ3) is 5.12. The van der Waals surface area contributed by atoms with E-state index < -0.39 is 33.5 Å². The lowest BCUT2D eigenvalue weighted by Gasteiger charge is -2.21. The summed E-state index contributed by atoms with van der Waals surface area (Å²) in [5, 5.41) is 0. The van der Waals surface area contributed by atoms with E-state index in [1.54, 1.807) is 18.3 Å². The first-order valence-corrected chi connectivity index (χ1v) is 9.56. The Morgan fingerprint density at radius 1 is 1.12 bits per heavy atom. The van der Waals surface area contributed by atoms with E-state index in [-0.39, 0.29) is 0 Å². The molecule has 2 rings (SSSR count). The molecule has 0 bridgehead atoms. The zero-order valence-corrected chi connectivity index (χ0v) is 16.4. The molecule has 1 aromatic carbocycles. The lowest BCUT2D eigenvalue weighted by Crippen LogP contribution is -2.36. The van der Waals surface area contributed by atoms with Crippen molar-refractivity contribution in [2.45, 2.75) is 37.7 Å². The van der Waals surface area contributed by atoms with Crippen molar-refractivity contribution >= 4 is 26.9 Å². The van der Waals surface area contributed by atoms with Crippen LogP contribution in [0.1, 0.15) is 43.6 Å². The molecule has 0 aliphatic rings. The summed E-state index contributed by atoms with van der Waals surface area (Å²) < 4.78 is 54.2. The first kappa shape index (κ1) is 20.1. The maximum atomic E-state index is 12.8. The second kappa shape index (κ2) is 7.55. The minimum absolute atomic E-state index is 0.499. The van der Waals surface area contributed by atoms with Crippen LogP contribution in [0.25, 0.3) is 0 Å². The maximum absolute atomic E-state index is 12.8. The molecule has 0 fully saturated rings. The minimum Gasteiger partial charge on any atom is -0.258 e. The Hall–Kier alpha value is -1.25. The highest BCUT2D eigenvalue weighted by atomic mass is 79.9. The normalized spacial score (nSPS) is 15.0. The number of nitrogens with zero attached hydrogens (tertiary/aromatic N) is 1. The molecule has 1 aromatic heterocycles. The Bertz CT molecular complexity index is 758. The molecule has 1 N–H and O–H groups in total. The van der Waals surface area contributed by atoms with Crippen molar-refractivity contribution in [1.82, 2.24) is 9.71 Å². The van der Waals surface area contributed by atoms with Gasteiger partial charge in [-0.3, -0.25) is 4.98 Å². The number of aromatic nitrogens is 1. The van der Waals surface area contributed by atoms with Crippen molar-refractivity contribution in [3.8, 4) is 0 Å². The summed E-state index contributed by atoms with van der Waals surface area (Å²) in [7, 11) is -1.83. The van der Waals surface area contributed by atoms with E-state index in [1.165, 1.54) is 12.1 Å². The van der Waals surface area contributed by atoms with Gasteiger partial charge in [0, 0.05) is 10.7 Å². The number of pyridine rings is 1. The van der Waals surface area contributed by atoms with Gasteiger partial charge in [0.25, 0.3) is 0 Å². The van der Waals surface area contributed by atoms with E-state index in [2.05, 4.69) is 25.6 Å². The average Bonchev–Trinajstić information content (AvgIpc) is 2.51. The van der Waals surface area contributed by atoms with E-state index in [0.29, 0.717) is 15.7 Å². The van der Waals surface area contributed by atoms with Gasteiger partial charge >= 0.3 is 6.18 Å². The fraction of sp³-hybridized carbons (Fsp3) is 0.353. The van der Waals surface area contributed by atoms with Gasteiger partial charge in [-0.25, -0.2) is 0 Å². The van der Waals surface area contributed by atoms with Crippen molar-refractivity contribution in [2.75, 3.05) is 0 Å². The first-order valence-electron chi connectivity index (χ1n) is 7.51. The monoisotopic (exact) mass is 435 g/mol. The number of benzene rings is 1. The van der Waals surface area contributed by atoms with Crippen molar-refractivity contribution in [1.29, 1.82) is 0 Å². The fourth-order valence-corrected chi connectivity index (χ4v) is 3.46. The molecule has 2 aromatic rings. The van der Waals surface area contributed by atoms with E-state index in [1.807, 2.05) is 20.8 Å². The van der Waals surface area contributed by atoms with Crippen molar-refractivity contribution in [3.63, 3.8) is 0 Å². The minimum atomic E-state index is -4.40. The van der Waals surface area contributed by atoms with Gasteiger partial charge < -0.3 is 0 Å². The summed E-state index contributed by atoms with van der Waals surface area (Å²) in [4.78, 5) is 4.30. The Labute approximate surface area is 155 Å². The lowest BCUT2D eigenvalue weighted by atomic mass is 10.0. The van der Waals surface area contributed by atoms with Crippen molar-refractivity contribution in [3.05, 3.63) is 63.9 Å². The molecule has 136 valence electrons. The van der Waals surface area contributed by atoms with E-state index in [0.717, 1.165) is 12.1 Å². The Morgan fingerprint density at radius 3 is 2.20 bits per heavy atom. The molecule has 1 heterocycles. The van der Waals surface area contributed by atoms with E-state index in [9.17, 15) is 17.4 Å². The highest BCUT2D eigenvalue weighted by molar-refractivity contribution is 9.10. The molecule has 3 nitrogen and oxygen atoms in total. The number of rotatable bonds is 4. The Morgan fingerprint density at radius 2 is 1.72 bits per heavy atom. The van der Waals surface area contributed by atoms with Crippen molar-refractivity contribution < 1.29 is 17.4 Å². The molecule has 0 radical (unpaired) electrons. The molecule has 0 saturated carbocycles. The van der Waals surface area contributed by atoms with Crippen molar-refractivity contribution in [2.24, 2.45) is 0 Å². The third-order valence-corrected chi connectivity index (χ3v) is 5.87. The second-order valence-corrected chi connectivity index (χ2v) is 9.56. The van der Waals surface area contributed by atoms with Gasteiger partial charge in [0.2, 0.25) is 0 Å². The summed E-state index contributed by atoms with van der Waals surface area (Å²) in [6.45, 7) is 5.49. The quantitative estimate of drug-likeness (QED) is 0.545. The predicted octanol–water partition coefficient (Wildman–Crippen LogP) is 4.95. The van der Waals surface area contributed by atoms with Gasteiger partial charge in [-0.15, -0.1) is 4.72 Å². The first-order chi connectivity index (χ1) is 11.5. The smallest absolute Gasteiger partial charge is 0.258 e. The average molecular weight is 436 g/mol. The lowest BCUT2D eigenvalue weighted by molar-refractivity contribution is -0.137. The van der Waals surface area contributed by atoms with Crippen LogP contribution in [0.2, 0.25) is 0 Å². The number of hydrogen-bond donors (Lipinski definition) is 1. The molecule has 0 saturated heterocycles. The summed E-state index contributed by atoms with van der Waals surface area (Å²) in [5.41, 5.74) is 0.394. The maximum Gasteiger partial charge on any atom is 0.416 e. The van der Waals surface area contributed by atoms with Crippen LogP contribution in [-0.2, 0) is 21.4 Å². The number of thiol groups is 1. The topological polar surface area (TPSA) is 42.0 Å². The standard InChI is InChI=1S/C17H18BrF3N2OS/c1-16(2,3)25(24)23-14(15-13(18)5-4-10-22-15)11-6-8-12(9-7-11)17(19,20)21/h4-10,14H,1-3H3,(H,23,24)/p+1/t14-,25?/m0/s1. The highest BCUT2D eigenvalue weighted by Crippen LogP contribution is 2.32. The predicted molar refractivity (Wildman–Crippen MR) is 97.6 cm³/mol. The zero-order chi connectivity index (χ0) is 18.8. The van der Waals surface area contributed by atoms with Crippen LogP contribution in [-0.4, -0.2) is 9.73 Å². The molecular formula is C17H19BrF3N2OS+. The molecule has 0 amide bonds. The number of alkyl halides is 3. The van der Waals surface area contributed by atoms with Crippen LogP contribution in [0.3, 0.4) is 0 Å². The van der Waals surface area contributed by atoms with Crippen LogP contribution < -0.4 is 4.72 Å². The largest absolute Gasteiger partial charge is 0.416 e. The molecule has 25 heavy (non-hydrogen) atoms. The van der Waals surface area contributed by atoms with Crippen LogP contribution >= 0.6 is 15.9 Å². The second-order valence-electron chi connectivity index (χ2n) is 6.52. The number of nitrogens with one attached hydrogen (secondary N) is 1. The summed E-state index contributed by atoms with van der Waals surface area (Å²) in [6.07, 6.45) is -2.81. The molecule has 0 aliphatic carbocycles. The number of halogens is 4. The third-order valence-electron chi connectivity index (χ3n) is 3.49. The van der Waals surface area contributed by atoms with Gasteiger partial charge in [-0.05, 0) is 66.5 Å². The molecule has 8 heteroatoms. The molecular weight excluding hydrogens is 417 g/mol. The summed E-state index contributed by atoms with van der Waals surface area (Å²) >= 11 is 3.40. The fourth-order valence-electron chi connectivity index (χ4n) is 2.08. The zero-order valence-electron chi connectivity index (χ0n) is 13.9. The summed E-state index contributed by atoms with van der Waals surface area (Å²) in [6, 6.07) is 7.73.